The van der Waals surface area contributed by atoms with Gasteiger partial charge in [-0.05, 0) is 36.0 Å². The van der Waals surface area contributed by atoms with E-state index in [1.54, 1.807) is 14.2 Å². The standard InChI is InChI=1S/C17H28O3/c1-6-15(13(2)3)14-8-9-16(19-5)17(12-14)20-11-7-10-18-4/h8-9,12-13,15H,6-7,10-11H2,1-5H3/t15-/m0/s1. The Morgan fingerprint density at radius 1 is 1.05 bits per heavy atom. The van der Waals surface area contributed by atoms with Crippen molar-refractivity contribution in [3.8, 4) is 11.5 Å². The summed E-state index contributed by atoms with van der Waals surface area (Å²) in [7, 11) is 3.38. The molecule has 20 heavy (non-hydrogen) atoms. The maximum Gasteiger partial charge on any atom is 0.161 e. The molecule has 1 atom stereocenters. The highest BCUT2D eigenvalue weighted by Crippen LogP contribution is 2.35. The molecule has 0 radical (unpaired) electrons. The monoisotopic (exact) mass is 280 g/mol. The van der Waals surface area contributed by atoms with Crippen molar-refractivity contribution in [1.82, 2.24) is 0 Å². The van der Waals surface area contributed by atoms with Crippen LogP contribution in [0.25, 0.3) is 0 Å². The third kappa shape index (κ3) is 4.71. The Balaban J connectivity index is 2.84. The highest BCUT2D eigenvalue weighted by molar-refractivity contribution is 5.44. The van der Waals surface area contributed by atoms with Gasteiger partial charge in [0.2, 0.25) is 0 Å². The minimum atomic E-state index is 0.558. The van der Waals surface area contributed by atoms with Crippen LogP contribution < -0.4 is 9.47 Å². The lowest BCUT2D eigenvalue weighted by molar-refractivity contribution is 0.170. The summed E-state index contributed by atoms with van der Waals surface area (Å²) in [5, 5.41) is 0. The predicted octanol–water partition coefficient (Wildman–Crippen LogP) is 4.26. The second-order valence-electron chi connectivity index (χ2n) is 5.36. The van der Waals surface area contributed by atoms with Crippen LogP contribution in [-0.4, -0.2) is 27.4 Å². The second kappa shape index (κ2) is 8.85. The summed E-state index contributed by atoms with van der Waals surface area (Å²) < 4.78 is 16.3. The van der Waals surface area contributed by atoms with Gasteiger partial charge >= 0.3 is 0 Å². The maximum atomic E-state index is 5.84. The molecule has 0 N–H and O–H groups in total. The maximum absolute atomic E-state index is 5.84. The molecule has 0 bridgehead atoms. The van der Waals surface area contributed by atoms with E-state index in [1.807, 2.05) is 6.07 Å². The van der Waals surface area contributed by atoms with Crippen molar-refractivity contribution >= 4 is 0 Å². The molecule has 0 saturated carbocycles. The van der Waals surface area contributed by atoms with E-state index < -0.39 is 0 Å². The third-order valence-electron chi connectivity index (χ3n) is 3.61. The predicted molar refractivity (Wildman–Crippen MR) is 82.9 cm³/mol. The first kappa shape index (κ1) is 16.8. The number of hydrogen-bond acceptors (Lipinski definition) is 3. The van der Waals surface area contributed by atoms with Gasteiger partial charge in [0.1, 0.15) is 0 Å². The first-order valence-corrected chi connectivity index (χ1v) is 7.43. The summed E-state index contributed by atoms with van der Waals surface area (Å²) in [6, 6.07) is 6.28. The van der Waals surface area contributed by atoms with Gasteiger partial charge in [-0.2, -0.15) is 0 Å². The molecule has 0 aliphatic carbocycles. The summed E-state index contributed by atoms with van der Waals surface area (Å²) in [5.74, 6) is 2.81. The van der Waals surface area contributed by atoms with Gasteiger partial charge in [0.15, 0.2) is 11.5 Å². The Labute approximate surface area is 123 Å². The minimum absolute atomic E-state index is 0.558. The molecule has 0 aromatic heterocycles. The van der Waals surface area contributed by atoms with Gasteiger partial charge < -0.3 is 14.2 Å². The first-order chi connectivity index (χ1) is 9.63. The Kier molecular flexibility index (Phi) is 7.45. The van der Waals surface area contributed by atoms with Gasteiger partial charge in [-0.15, -0.1) is 0 Å². The van der Waals surface area contributed by atoms with Gasteiger partial charge in [0, 0.05) is 20.1 Å². The number of rotatable bonds is 9. The highest BCUT2D eigenvalue weighted by atomic mass is 16.5. The molecule has 0 fully saturated rings. The van der Waals surface area contributed by atoms with Crippen LogP contribution in [0.5, 0.6) is 11.5 Å². The van der Waals surface area contributed by atoms with Crippen LogP contribution in [0.15, 0.2) is 18.2 Å². The van der Waals surface area contributed by atoms with Crippen LogP contribution in [0, 0.1) is 5.92 Å². The molecule has 0 saturated heterocycles. The Hall–Kier alpha value is -1.22. The van der Waals surface area contributed by atoms with Crippen LogP contribution >= 0.6 is 0 Å². The average Bonchev–Trinajstić information content (AvgIpc) is 2.44. The first-order valence-electron chi connectivity index (χ1n) is 7.43. The lowest BCUT2D eigenvalue weighted by Crippen LogP contribution is -2.07. The molecule has 0 aliphatic rings. The lowest BCUT2D eigenvalue weighted by atomic mass is 9.86. The van der Waals surface area contributed by atoms with Gasteiger partial charge in [0.05, 0.1) is 13.7 Å². The zero-order chi connectivity index (χ0) is 15.0. The molecule has 1 aromatic carbocycles. The lowest BCUT2D eigenvalue weighted by Gasteiger charge is -2.21. The molecule has 0 heterocycles. The van der Waals surface area contributed by atoms with Crippen molar-refractivity contribution in [2.24, 2.45) is 5.92 Å². The zero-order valence-electron chi connectivity index (χ0n) is 13.4. The van der Waals surface area contributed by atoms with Crippen LogP contribution in [0.4, 0.5) is 0 Å². The Morgan fingerprint density at radius 2 is 1.80 bits per heavy atom. The number of hydrogen-bond donors (Lipinski definition) is 0. The summed E-state index contributed by atoms with van der Waals surface area (Å²) >= 11 is 0. The van der Waals surface area contributed by atoms with Crippen LogP contribution in [0.3, 0.4) is 0 Å². The summed E-state index contributed by atoms with van der Waals surface area (Å²) in [5.41, 5.74) is 1.32. The topological polar surface area (TPSA) is 27.7 Å². The van der Waals surface area contributed by atoms with E-state index in [2.05, 4.69) is 32.9 Å². The van der Waals surface area contributed by atoms with Crippen molar-refractivity contribution < 1.29 is 14.2 Å². The molecule has 0 unspecified atom stereocenters. The van der Waals surface area contributed by atoms with E-state index in [1.165, 1.54) is 5.56 Å². The third-order valence-corrected chi connectivity index (χ3v) is 3.61. The van der Waals surface area contributed by atoms with Crippen molar-refractivity contribution in [2.75, 3.05) is 27.4 Å². The van der Waals surface area contributed by atoms with Gasteiger partial charge in [0.25, 0.3) is 0 Å². The molecule has 3 nitrogen and oxygen atoms in total. The number of methoxy groups -OCH3 is 2. The van der Waals surface area contributed by atoms with Gasteiger partial charge in [-0.3, -0.25) is 0 Å². The highest BCUT2D eigenvalue weighted by Gasteiger charge is 2.16. The van der Waals surface area contributed by atoms with E-state index in [0.717, 1.165) is 24.3 Å². The zero-order valence-corrected chi connectivity index (χ0v) is 13.4. The number of benzene rings is 1. The summed E-state index contributed by atoms with van der Waals surface area (Å²) in [6.45, 7) is 8.11. The molecule has 0 aliphatic heterocycles. The molecular weight excluding hydrogens is 252 g/mol. The SMILES string of the molecule is CC[C@H](c1ccc(OC)c(OCCCOC)c1)C(C)C. The smallest absolute Gasteiger partial charge is 0.161 e. The normalized spacial score (nSPS) is 12.5. The second-order valence-corrected chi connectivity index (χ2v) is 5.36. The van der Waals surface area contributed by atoms with Gasteiger partial charge in [-0.1, -0.05) is 26.8 Å². The molecule has 1 aromatic rings. The fraction of sp³-hybridized carbons (Fsp3) is 0.647. The van der Waals surface area contributed by atoms with E-state index in [-0.39, 0.29) is 0 Å². The molecule has 3 heteroatoms. The minimum Gasteiger partial charge on any atom is -0.493 e. The van der Waals surface area contributed by atoms with Crippen LogP contribution in [-0.2, 0) is 4.74 Å². The molecule has 0 spiro atoms. The molecule has 1 rings (SSSR count). The summed E-state index contributed by atoms with van der Waals surface area (Å²) in [4.78, 5) is 0. The van der Waals surface area contributed by atoms with Crippen molar-refractivity contribution in [3.63, 3.8) is 0 Å². The average molecular weight is 280 g/mol. The summed E-state index contributed by atoms with van der Waals surface area (Å²) in [6.07, 6.45) is 2.01. The van der Waals surface area contributed by atoms with Crippen molar-refractivity contribution in [2.45, 2.75) is 39.5 Å². The fourth-order valence-electron chi connectivity index (χ4n) is 2.51. The van der Waals surface area contributed by atoms with Gasteiger partial charge in [-0.25, -0.2) is 0 Å². The Morgan fingerprint density at radius 3 is 2.35 bits per heavy atom. The van der Waals surface area contributed by atoms with E-state index in [4.69, 9.17) is 14.2 Å². The van der Waals surface area contributed by atoms with Crippen LogP contribution in [0.2, 0.25) is 0 Å². The van der Waals surface area contributed by atoms with E-state index >= 15 is 0 Å². The largest absolute Gasteiger partial charge is 0.493 e. The van der Waals surface area contributed by atoms with E-state index in [9.17, 15) is 0 Å². The van der Waals surface area contributed by atoms with E-state index in [0.29, 0.717) is 25.0 Å². The Bertz CT molecular complexity index is 388. The quantitative estimate of drug-likeness (QED) is 0.633. The molecular formula is C17H28O3. The van der Waals surface area contributed by atoms with Crippen molar-refractivity contribution in [3.05, 3.63) is 23.8 Å². The number of ether oxygens (including phenoxy) is 3. The van der Waals surface area contributed by atoms with Crippen LogP contribution in [0.1, 0.15) is 45.1 Å². The molecule has 114 valence electrons. The molecule has 0 amide bonds. The van der Waals surface area contributed by atoms with Crippen molar-refractivity contribution in [1.29, 1.82) is 0 Å². The fourth-order valence-corrected chi connectivity index (χ4v) is 2.51.